The molecule has 0 aromatic heterocycles. The molecule has 0 radical (unpaired) electrons. The summed E-state index contributed by atoms with van der Waals surface area (Å²) in [5.41, 5.74) is 4.06. The van der Waals surface area contributed by atoms with Crippen LogP contribution in [0.4, 0.5) is 10.1 Å². The lowest BCUT2D eigenvalue weighted by atomic mass is 9.99. The first-order valence-corrected chi connectivity index (χ1v) is 10.1. The van der Waals surface area contributed by atoms with Crippen LogP contribution in [0.25, 0.3) is 5.57 Å². The van der Waals surface area contributed by atoms with E-state index in [-0.39, 0.29) is 5.82 Å². The number of anilines is 1. The Morgan fingerprint density at radius 2 is 1.63 bits per heavy atom. The zero-order valence-corrected chi connectivity index (χ0v) is 19.3. The first-order valence-electron chi connectivity index (χ1n) is 10.1. The molecular weight excluding hydrogens is 381 g/mol. The molecular formula is C25H36FNO3. The first-order chi connectivity index (χ1) is 14.5. The van der Waals surface area contributed by atoms with E-state index in [1.54, 1.807) is 13.2 Å². The lowest BCUT2D eigenvalue weighted by Gasteiger charge is -2.22. The standard InChI is InChI=1S/C14H16FNO.C8H10O.C2H6.CH4O/c1-4-7-17-12-6-5-11(15)13-9(2)8-10(3)16-14(12)13;1-7-3-5-8(9-2)6-4-7;2*1-2/h5-6,8,16H,2,4,7H2,1,3H3;3-6H,1-2H3;1-2H3;2H,1H3. The van der Waals surface area contributed by atoms with Crippen LogP contribution in [-0.2, 0) is 0 Å². The molecule has 1 heterocycles. The third kappa shape index (κ3) is 8.29. The molecule has 0 bridgehead atoms. The van der Waals surface area contributed by atoms with Crippen LogP contribution in [-0.4, -0.2) is 25.9 Å². The fourth-order valence-electron chi connectivity index (χ4n) is 2.57. The van der Waals surface area contributed by atoms with Gasteiger partial charge in [-0.05, 0) is 56.2 Å². The van der Waals surface area contributed by atoms with Gasteiger partial charge in [-0.25, -0.2) is 4.39 Å². The van der Waals surface area contributed by atoms with Gasteiger partial charge in [0.05, 0.1) is 19.4 Å². The highest BCUT2D eigenvalue weighted by molar-refractivity contribution is 5.88. The summed E-state index contributed by atoms with van der Waals surface area (Å²) in [6, 6.07) is 11.0. The SMILES string of the molecule is C=C1C=C(C)Nc2c(OCCC)ccc(F)c21.CC.CO.COc1ccc(C)cc1. The van der Waals surface area contributed by atoms with Crippen molar-refractivity contribution in [3.8, 4) is 11.5 Å². The van der Waals surface area contributed by atoms with Crippen LogP contribution in [0.2, 0.25) is 0 Å². The number of nitrogens with one attached hydrogen (secondary N) is 1. The van der Waals surface area contributed by atoms with Crippen LogP contribution in [0.3, 0.4) is 0 Å². The summed E-state index contributed by atoms with van der Waals surface area (Å²) in [7, 11) is 2.67. The van der Waals surface area contributed by atoms with E-state index in [9.17, 15) is 4.39 Å². The van der Waals surface area contributed by atoms with Gasteiger partial charge in [-0.3, -0.25) is 0 Å². The lowest BCUT2D eigenvalue weighted by molar-refractivity contribution is 0.318. The molecule has 0 spiro atoms. The van der Waals surface area contributed by atoms with Crippen molar-refractivity contribution >= 4 is 11.3 Å². The van der Waals surface area contributed by atoms with Crippen molar-refractivity contribution in [2.75, 3.05) is 26.1 Å². The summed E-state index contributed by atoms with van der Waals surface area (Å²) in [5.74, 6) is 1.32. The Labute approximate surface area is 181 Å². The minimum absolute atomic E-state index is 0.273. The van der Waals surface area contributed by atoms with E-state index in [0.717, 1.165) is 25.0 Å². The lowest BCUT2D eigenvalue weighted by Crippen LogP contribution is -2.09. The van der Waals surface area contributed by atoms with Gasteiger partial charge in [0.2, 0.25) is 0 Å². The number of aliphatic hydroxyl groups is 1. The molecule has 2 N–H and O–H groups in total. The molecule has 0 aliphatic carbocycles. The van der Waals surface area contributed by atoms with E-state index in [2.05, 4.69) is 18.8 Å². The first kappa shape index (κ1) is 27.2. The van der Waals surface area contributed by atoms with Gasteiger partial charge in [0.25, 0.3) is 0 Å². The van der Waals surface area contributed by atoms with Gasteiger partial charge >= 0.3 is 0 Å². The second-order valence-corrected chi connectivity index (χ2v) is 6.14. The van der Waals surface area contributed by atoms with Gasteiger partial charge in [0, 0.05) is 18.4 Å². The maximum absolute atomic E-state index is 13.8. The summed E-state index contributed by atoms with van der Waals surface area (Å²) >= 11 is 0. The fourth-order valence-corrected chi connectivity index (χ4v) is 2.57. The second-order valence-electron chi connectivity index (χ2n) is 6.14. The average molecular weight is 418 g/mol. The van der Waals surface area contributed by atoms with E-state index in [1.807, 2.05) is 58.0 Å². The number of ether oxygens (including phenoxy) is 2. The van der Waals surface area contributed by atoms with Gasteiger partial charge in [0.1, 0.15) is 17.3 Å². The predicted molar refractivity (Wildman–Crippen MR) is 126 cm³/mol. The fraction of sp³-hybridized carbons (Fsp3) is 0.360. The van der Waals surface area contributed by atoms with Gasteiger partial charge < -0.3 is 19.9 Å². The Balaban J connectivity index is 0.000000547. The molecule has 0 amide bonds. The maximum atomic E-state index is 13.8. The molecule has 30 heavy (non-hydrogen) atoms. The summed E-state index contributed by atoms with van der Waals surface area (Å²) in [5, 5.41) is 10.1. The number of rotatable bonds is 4. The highest BCUT2D eigenvalue weighted by Crippen LogP contribution is 2.39. The molecule has 0 unspecified atom stereocenters. The quantitative estimate of drug-likeness (QED) is 0.589. The average Bonchev–Trinajstić information content (AvgIpc) is 2.77. The number of hydrogen-bond donors (Lipinski definition) is 2. The number of aryl methyl sites for hydroxylation is 1. The van der Waals surface area contributed by atoms with Crippen LogP contribution < -0.4 is 14.8 Å². The monoisotopic (exact) mass is 417 g/mol. The van der Waals surface area contributed by atoms with Crippen LogP contribution in [0.5, 0.6) is 11.5 Å². The van der Waals surface area contributed by atoms with Crippen LogP contribution in [0, 0.1) is 12.7 Å². The molecule has 3 rings (SSSR count). The zero-order chi connectivity index (χ0) is 23.1. The maximum Gasteiger partial charge on any atom is 0.143 e. The second kappa shape index (κ2) is 15.1. The highest BCUT2D eigenvalue weighted by atomic mass is 19.1. The van der Waals surface area contributed by atoms with Gasteiger partial charge in [0.15, 0.2) is 0 Å². The third-order valence-electron chi connectivity index (χ3n) is 3.87. The molecule has 2 aromatic carbocycles. The molecule has 0 atom stereocenters. The predicted octanol–water partition coefficient (Wildman–Crippen LogP) is 6.60. The Kier molecular flexibility index (Phi) is 13.7. The Hall–Kier alpha value is -2.79. The van der Waals surface area contributed by atoms with E-state index in [4.69, 9.17) is 14.6 Å². The van der Waals surface area contributed by atoms with Crippen molar-refractivity contribution < 1.29 is 19.0 Å². The number of hydrogen-bond acceptors (Lipinski definition) is 4. The minimum atomic E-state index is -0.273. The van der Waals surface area contributed by atoms with Gasteiger partial charge in [-0.1, -0.05) is 45.0 Å². The van der Waals surface area contributed by atoms with E-state index in [1.165, 1.54) is 11.6 Å². The van der Waals surface area contributed by atoms with Crippen molar-refractivity contribution in [1.82, 2.24) is 0 Å². The normalized spacial score (nSPS) is 11.0. The number of halogens is 1. The van der Waals surface area contributed by atoms with Crippen molar-refractivity contribution in [3.05, 3.63) is 71.7 Å². The molecule has 1 aliphatic heterocycles. The summed E-state index contributed by atoms with van der Waals surface area (Å²) < 4.78 is 24.3. The summed E-state index contributed by atoms with van der Waals surface area (Å²) in [4.78, 5) is 0. The Morgan fingerprint density at radius 3 is 2.17 bits per heavy atom. The summed E-state index contributed by atoms with van der Waals surface area (Å²) in [6.07, 6.45) is 2.75. The largest absolute Gasteiger partial charge is 0.497 e. The highest BCUT2D eigenvalue weighted by Gasteiger charge is 2.19. The number of allylic oxidation sites excluding steroid dienone is 3. The number of methoxy groups -OCH3 is 1. The zero-order valence-electron chi connectivity index (χ0n) is 19.3. The molecule has 4 nitrogen and oxygen atoms in total. The van der Waals surface area contributed by atoms with Gasteiger partial charge in [-0.2, -0.15) is 0 Å². The number of benzene rings is 2. The van der Waals surface area contributed by atoms with Crippen molar-refractivity contribution in [3.63, 3.8) is 0 Å². The van der Waals surface area contributed by atoms with E-state index >= 15 is 0 Å². The molecule has 1 aliphatic rings. The van der Waals surface area contributed by atoms with E-state index in [0.29, 0.717) is 29.2 Å². The summed E-state index contributed by atoms with van der Waals surface area (Å²) in [6.45, 7) is 14.5. The molecule has 166 valence electrons. The molecule has 0 fully saturated rings. The van der Waals surface area contributed by atoms with Crippen molar-refractivity contribution in [2.45, 2.75) is 41.0 Å². The van der Waals surface area contributed by atoms with Gasteiger partial charge in [-0.15, -0.1) is 0 Å². The van der Waals surface area contributed by atoms with E-state index < -0.39 is 0 Å². The molecule has 2 aromatic rings. The minimum Gasteiger partial charge on any atom is -0.497 e. The van der Waals surface area contributed by atoms with Crippen LogP contribution in [0.15, 0.2) is 54.8 Å². The third-order valence-corrected chi connectivity index (χ3v) is 3.87. The van der Waals surface area contributed by atoms with Crippen molar-refractivity contribution in [2.24, 2.45) is 0 Å². The van der Waals surface area contributed by atoms with Crippen LogP contribution in [0.1, 0.15) is 45.2 Å². The number of aliphatic hydroxyl groups excluding tert-OH is 1. The Bertz CT molecular complexity index is 799. The smallest absolute Gasteiger partial charge is 0.143 e. The Morgan fingerprint density at radius 1 is 1.03 bits per heavy atom. The number of fused-ring (bicyclic) bond motifs is 1. The molecule has 0 saturated heterocycles. The topological polar surface area (TPSA) is 50.7 Å². The molecule has 0 saturated carbocycles. The van der Waals surface area contributed by atoms with Crippen molar-refractivity contribution in [1.29, 1.82) is 0 Å². The molecule has 5 heteroatoms. The van der Waals surface area contributed by atoms with Crippen LogP contribution >= 0.6 is 0 Å².